The first kappa shape index (κ1) is 20.8. The molecule has 29 heavy (non-hydrogen) atoms. The highest BCUT2D eigenvalue weighted by Crippen LogP contribution is 2.35. The van der Waals surface area contributed by atoms with Gasteiger partial charge >= 0.3 is 5.97 Å². The van der Waals surface area contributed by atoms with Crippen LogP contribution in [0.3, 0.4) is 0 Å². The topological polar surface area (TPSA) is 87.1 Å². The largest absolute Gasteiger partial charge is 0.494 e. The Morgan fingerprint density at radius 3 is 2.62 bits per heavy atom. The van der Waals surface area contributed by atoms with E-state index in [2.05, 4.69) is 0 Å². The molecule has 2 aromatic rings. The summed E-state index contributed by atoms with van der Waals surface area (Å²) < 4.78 is 18.6. The molecule has 154 valence electrons. The number of hydrogen-bond donors (Lipinski definition) is 2. The molecule has 1 heterocycles. The molecule has 6 nitrogen and oxygen atoms in total. The number of benzene rings is 2. The first-order valence-corrected chi connectivity index (χ1v) is 9.54. The third-order valence-corrected chi connectivity index (χ3v) is 5.32. The summed E-state index contributed by atoms with van der Waals surface area (Å²) in [6, 6.07) is 12.2. The second-order valence-corrected chi connectivity index (χ2v) is 7.26. The van der Waals surface area contributed by atoms with Crippen LogP contribution in [-0.4, -0.2) is 52.8 Å². The van der Waals surface area contributed by atoms with Gasteiger partial charge in [-0.05, 0) is 55.7 Å². The van der Waals surface area contributed by atoms with E-state index in [-0.39, 0.29) is 31.8 Å². The van der Waals surface area contributed by atoms with Gasteiger partial charge in [0.2, 0.25) is 0 Å². The molecule has 0 spiro atoms. The lowest BCUT2D eigenvalue weighted by atomic mass is 9.72. The van der Waals surface area contributed by atoms with Gasteiger partial charge in [-0.15, -0.1) is 0 Å². The predicted molar refractivity (Wildman–Crippen MR) is 104 cm³/mol. The van der Waals surface area contributed by atoms with Gasteiger partial charge in [0, 0.05) is 18.7 Å². The molecule has 1 saturated heterocycles. The Hall–Kier alpha value is -2.93. The van der Waals surface area contributed by atoms with Crippen LogP contribution in [0.2, 0.25) is 0 Å². The monoisotopic (exact) mass is 401 g/mol. The van der Waals surface area contributed by atoms with E-state index in [0.717, 1.165) is 0 Å². The van der Waals surface area contributed by atoms with Crippen LogP contribution >= 0.6 is 0 Å². The van der Waals surface area contributed by atoms with Gasteiger partial charge in [-0.2, -0.15) is 0 Å². The van der Waals surface area contributed by atoms with Gasteiger partial charge in [0.1, 0.15) is 17.0 Å². The summed E-state index contributed by atoms with van der Waals surface area (Å²) in [6.45, 7) is 2.42. The molecule has 1 amide bonds. The van der Waals surface area contributed by atoms with Crippen molar-refractivity contribution in [1.29, 1.82) is 0 Å². The van der Waals surface area contributed by atoms with Crippen molar-refractivity contribution in [3.8, 4) is 5.75 Å². The molecule has 1 fully saturated rings. The number of carbonyl (C=O) groups excluding carboxylic acids is 1. The Balaban J connectivity index is 1.87. The SMILES string of the molecule is CCOc1cccc(C(=O)N2CC[C@H](O)[C@](Cc3ccc(F)cc3)(C(=O)O)C2)c1. The average molecular weight is 401 g/mol. The Morgan fingerprint density at radius 2 is 1.97 bits per heavy atom. The zero-order valence-electron chi connectivity index (χ0n) is 16.2. The molecule has 2 aromatic carbocycles. The minimum absolute atomic E-state index is 0.00740. The Morgan fingerprint density at radius 1 is 1.24 bits per heavy atom. The summed E-state index contributed by atoms with van der Waals surface area (Å²) in [6.07, 6.45) is -0.986. The van der Waals surface area contributed by atoms with E-state index in [1.807, 2.05) is 6.92 Å². The maximum atomic E-state index is 13.2. The van der Waals surface area contributed by atoms with Crippen molar-refractivity contribution in [3.63, 3.8) is 0 Å². The Kier molecular flexibility index (Phi) is 6.17. The van der Waals surface area contributed by atoms with Crippen molar-refractivity contribution >= 4 is 11.9 Å². The number of carbonyl (C=O) groups is 2. The van der Waals surface area contributed by atoms with Crippen LogP contribution in [0.15, 0.2) is 48.5 Å². The van der Waals surface area contributed by atoms with Crippen molar-refractivity contribution in [1.82, 2.24) is 4.90 Å². The van der Waals surface area contributed by atoms with Gasteiger partial charge in [0.25, 0.3) is 5.91 Å². The fourth-order valence-electron chi connectivity index (χ4n) is 3.75. The Labute approximate surface area is 168 Å². The maximum absolute atomic E-state index is 13.2. The number of aliphatic hydroxyl groups excluding tert-OH is 1. The highest BCUT2D eigenvalue weighted by molar-refractivity contribution is 5.95. The molecule has 0 saturated carbocycles. The van der Waals surface area contributed by atoms with E-state index >= 15 is 0 Å². The lowest BCUT2D eigenvalue weighted by molar-refractivity contribution is -0.161. The van der Waals surface area contributed by atoms with E-state index < -0.39 is 23.3 Å². The molecule has 3 rings (SSSR count). The molecule has 0 aromatic heterocycles. The van der Waals surface area contributed by atoms with Crippen LogP contribution in [0.1, 0.15) is 29.3 Å². The van der Waals surface area contributed by atoms with Crippen molar-refractivity contribution in [2.75, 3.05) is 19.7 Å². The molecular weight excluding hydrogens is 377 g/mol. The summed E-state index contributed by atoms with van der Waals surface area (Å²) >= 11 is 0. The second-order valence-electron chi connectivity index (χ2n) is 7.26. The number of amides is 1. The average Bonchev–Trinajstić information content (AvgIpc) is 2.71. The standard InChI is InChI=1S/C22H24FNO5/c1-2-29-18-5-3-4-16(12-18)20(26)24-11-10-19(25)22(14-24,21(27)28)13-15-6-8-17(23)9-7-15/h3-9,12,19,25H,2,10-11,13-14H2,1H3,(H,27,28)/t19-,22+/m0/s1. The van der Waals surface area contributed by atoms with Crippen LogP contribution in [0.5, 0.6) is 5.75 Å². The second kappa shape index (κ2) is 8.61. The number of carboxylic acids is 1. The number of halogens is 1. The normalized spacial score (nSPS) is 21.6. The van der Waals surface area contributed by atoms with E-state index in [1.54, 1.807) is 24.3 Å². The van der Waals surface area contributed by atoms with Gasteiger partial charge < -0.3 is 19.8 Å². The fourth-order valence-corrected chi connectivity index (χ4v) is 3.75. The first-order chi connectivity index (χ1) is 13.9. The molecule has 1 aliphatic rings. The van der Waals surface area contributed by atoms with Crippen LogP contribution in [0, 0.1) is 11.2 Å². The first-order valence-electron chi connectivity index (χ1n) is 9.54. The van der Waals surface area contributed by atoms with Crippen molar-refractivity contribution in [2.24, 2.45) is 5.41 Å². The van der Waals surface area contributed by atoms with Gasteiger partial charge in [-0.25, -0.2) is 4.39 Å². The number of aliphatic carboxylic acids is 1. The number of rotatable bonds is 6. The molecule has 0 unspecified atom stereocenters. The summed E-state index contributed by atoms with van der Waals surface area (Å²) in [7, 11) is 0. The summed E-state index contributed by atoms with van der Waals surface area (Å²) in [5.74, 6) is -1.36. The van der Waals surface area contributed by atoms with Crippen LogP contribution in [0.25, 0.3) is 0 Å². The molecule has 0 radical (unpaired) electrons. The van der Waals surface area contributed by atoms with E-state index in [4.69, 9.17) is 4.74 Å². The zero-order valence-corrected chi connectivity index (χ0v) is 16.2. The van der Waals surface area contributed by atoms with E-state index in [1.165, 1.54) is 29.2 Å². The summed E-state index contributed by atoms with van der Waals surface area (Å²) in [4.78, 5) is 26.7. The Bertz CT molecular complexity index is 885. The number of ether oxygens (including phenoxy) is 1. The maximum Gasteiger partial charge on any atom is 0.314 e. The summed E-state index contributed by atoms with van der Waals surface area (Å²) in [5.41, 5.74) is -0.586. The highest BCUT2D eigenvalue weighted by Gasteiger charge is 2.50. The number of carboxylic acid groups (broad SMARTS) is 1. The van der Waals surface area contributed by atoms with Crippen molar-refractivity contribution in [3.05, 3.63) is 65.5 Å². The number of likely N-dealkylation sites (tertiary alicyclic amines) is 1. The van der Waals surface area contributed by atoms with Gasteiger partial charge in [-0.3, -0.25) is 9.59 Å². The number of aliphatic hydroxyl groups is 1. The van der Waals surface area contributed by atoms with Gasteiger partial charge in [-0.1, -0.05) is 18.2 Å². The third kappa shape index (κ3) is 4.40. The van der Waals surface area contributed by atoms with Crippen molar-refractivity contribution in [2.45, 2.75) is 25.9 Å². The molecule has 2 atom stereocenters. The minimum atomic E-state index is -1.57. The predicted octanol–water partition coefficient (Wildman–Crippen LogP) is 2.74. The third-order valence-electron chi connectivity index (χ3n) is 5.32. The quantitative estimate of drug-likeness (QED) is 0.777. The number of piperidine rings is 1. The molecule has 7 heteroatoms. The van der Waals surface area contributed by atoms with Gasteiger partial charge in [0.15, 0.2) is 0 Å². The zero-order chi connectivity index (χ0) is 21.0. The van der Waals surface area contributed by atoms with Crippen LogP contribution in [0.4, 0.5) is 4.39 Å². The molecule has 1 aliphatic heterocycles. The van der Waals surface area contributed by atoms with Gasteiger partial charge in [0.05, 0.1) is 12.7 Å². The molecule has 2 N–H and O–H groups in total. The lowest BCUT2D eigenvalue weighted by Crippen LogP contribution is -2.58. The molecule has 0 aliphatic carbocycles. The van der Waals surface area contributed by atoms with Crippen LogP contribution < -0.4 is 4.74 Å². The molecule has 0 bridgehead atoms. The smallest absolute Gasteiger partial charge is 0.314 e. The fraction of sp³-hybridized carbons (Fsp3) is 0.364. The van der Waals surface area contributed by atoms with E-state index in [0.29, 0.717) is 23.5 Å². The number of hydrogen-bond acceptors (Lipinski definition) is 4. The highest BCUT2D eigenvalue weighted by atomic mass is 19.1. The summed E-state index contributed by atoms with van der Waals surface area (Å²) in [5, 5.41) is 20.5. The van der Waals surface area contributed by atoms with E-state index in [9.17, 15) is 24.2 Å². The number of nitrogens with zero attached hydrogens (tertiary/aromatic N) is 1. The lowest BCUT2D eigenvalue weighted by Gasteiger charge is -2.43. The molecular formula is C22H24FNO5. The van der Waals surface area contributed by atoms with Crippen molar-refractivity contribution < 1.29 is 28.9 Å². The van der Waals surface area contributed by atoms with Crippen LogP contribution in [-0.2, 0) is 11.2 Å². The minimum Gasteiger partial charge on any atom is -0.494 e.